The third-order valence-corrected chi connectivity index (χ3v) is 4.99. The standard InChI is InChI=1S/C19H14N2O3S/c1-20-11-12(15-4-2-3-5-16(15)20)10-17-18(23)21(19(24)25-17)13-6-8-14(22)9-7-13/h2-11,22H,1H3. The van der Waals surface area contributed by atoms with Crippen molar-refractivity contribution in [3.63, 3.8) is 0 Å². The Balaban J connectivity index is 1.74. The second kappa shape index (κ2) is 5.82. The van der Waals surface area contributed by atoms with Crippen LogP contribution in [0, 0.1) is 0 Å². The van der Waals surface area contributed by atoms with Gasteiger partial charge in [-0.05, 0) is 48.2 Å². The first-order chi connectivity index (χ1) is 12.0. The first-order valence-corrected chi connectivity index (χ1v) is 8.47. The number of phenols is 1. The molecule has 0 saturated carbocycles. The molecule has 2 amide bonds. The second-order valence-corrected chi connectivity index (χ2v) is 6.74. The van der Waals surface area contributed by atoms with E-state index in [1.165, 1.54) is 12.1 Å². The SMILES string of the molecule is Cn1cc(C=C2SC(=O)N(c3ccc(O)cc3)C2=O)c2ccccc21. The quantitative estimate of drug-likeness (QED) is 0.706. The highest BCUT2D eigenvalue weighted by atomic mass is 32.2. The Kier molecular flexibility index (Phi) is 3.62. The number of fused-ring (bicyclic) bond motifs is 1. The third-order valence-electron chi connectivity index (χ3n) is 4.12. The van der Waals surface area contributed by atoms with Crippen LogP contribution in [0.2, 0.25) is 0 Å². The molecule has 4 rings (SSSR count). The van der Waals surface area contributed by atoms with E-state index >= 15 is 0 Å². The van der Waals surface area contributed by atoms with E-state index < -0.39 is 0 Å². The van der Waals surface area contributed by atoms with Gasteiger partial charge in [0.1, 0.15) is 5.75 Å². The number of aromatic hydroxyl groups is 1. The average molecular weight is 350 g/mol. The first kappa shape index (κ1) is 15.5. The molecular formula is C19H14N2O3S. The van der Waals surface area contributed by atoms with Gasteiger partial charge in [-0.25, -0.2) is 4.90 Å². The van der Waals surface area contributed by atoms with Crippen LogP contribution < -0.4 is 4.90 Å². The van der Waals surface area contributed by atoms with Crippen LogP contribution in [-0.2, 0) is 11.8 Å². The lowest BCUT2D eigenvalue weighted by molar-refractivity contribution is -0.113. The van der Waals surface area contributed by atoms with Crippen LogP contribution in [0.5, 0.6) is 5.75 Å². The number of para-hydroxylation sites is 1. The Morgan fingerprint density at radius 1 is 1.04 bits per heavy atom. The van der Waals surface area contributed by atoms with E-state index in [0.29, 0.717) is 10.6 Å². The Morgan fingerprint density at radius 3 is 2.52 bits per heavy atom. The van der Waals surface area contributed by atoms with Gasteiger partial charge in [-0.1, -0.05) is 18.2 Å². The number of carbonyl (C=O) groups is 2. The van der Waals surface area contributed by atoms with Crippen LogP contribution in [0.25, 0.3) is 17.0 Å². The number of anilines is 1. The van der Waals surface area contributed by atoms with E-state index in [-0.39, 0.29) is 16.9 Å². The van der Waals surface area contributed by atoms with Crippen LogP contribution in [-0.4, -0.2) is 20.8 Å². The van der Waals surface area contributed by atoms with Gasteiger partial charge in [0.05, 0.1) is 10.6 Å². The maximum absolute atomic E-state index is 12.7. The summed E-state index contributed by atoms with van der Waals surface area (Å²) < 4.78 is 1.99. The molecule has 1 N–H and O–H groups in total. The number of phenolic OH excluding ortho intramolecular Hbond substituents is 1. The zero-order valence-corrected chi connectivity index (χ0v) is 14.2. The van der Waals surface area contributed by atoms with Crippen LogP contribution in [0.4, 0.5) is 10.5 Å². The molecule has 0 bridgehead atoms. The lowest BCUT2D eigenvalue weighted by Crippen LogP contribution is -2.27. The highest BCUT2D eigenvalue weighted by molar-refractivity contribution is 8.19. The number of hydrogen-bond donors (Lipinski definition) is 1. The second-order valence-electron chi connectivity index (χ2n) is 5.75. The zero-order chi connectivity index (χ0) is 17.6. The van der Waals surface area contributed by atoms with Crippen LogP contribution >= 0.6 is 11.8 Å². The fourth-order valence-corrected chi connectivity index (χ4v) is 3.75. The molecule has 1 aliphatic heterocycles. The molecule has 1 fully saturated rings. The number of aryl methyl sites for hydroxylation is 1. The lowest BCUT2D eigenvalue weighted by Gasteiger charge is -2.12. The van der Waals surface area contributed by atoms with Gasteiger partial charge < -0.3 is 9.67 Å². The molecule has 6 heteroatoms. The molecule has 1 saturated heterocycles. The molecule has 1 aromatic heterocycles. The van der Waals surface area contributed by atoms with Crippen molar-refractivity contribution in [3.8, 4) is 5.75 Å². The Morgan fingerprint density at radius 2 is 1.76 bits per heavy atom. The van der Waals surface area contributed by atoms with Crippen molar-refractivity contribution in [2.45, 2.75) is 0 Å². The predicted molar refractivity (Wildman–Crippen MR) is 99.5 cm³/mol. The highest BCUT2D eigenvalue weighted by Crippen LogP contribution is 2.37. The molecule has 0 radical (unpaired) electrons. The molecule has 3 aromatic rings. The number of carbonyl (C=O) groups excluding carboxylic acids is 2. The molecule has 0 unspecified atom stereocenters. The number of imide groups is 1. The van der Waals surface area contributed by atoms with Crippen LogP contribution in [0.1, 0.15) is 5.56 Å². The molecule has 5 nitrogen and oxygen atoms in total. The van der Waals surface area contributed by atoms with Gasteiger partial charge >= 0.3 is 0 Å². The van der Waals surface area contributed by atoms with Gasteiger partial charge in [0.2, 0.25) is 0 Å². The van der Waals surface area contributed by atoms with Gasteiger partial charge in [-0.3, -0.25) is 9.59 Å². The third kappa shape index (κ3) is 2.60. The minimum atomic E-state index is -0.353. The minimum absolute atomic E-state index is 0.0852. The molecule has 2 heterocycles. The lowest BCUT2D eigenvalue weighted by atomic mass is 10.1. The number of nitrogens with zero attached hydrogens (tertiary/aromatic N) is 2. The summed E-state index contributed by atoms with van der Waals surface area (Å²) in [6, 6.07) is 13.9. The Hall–Kier alpha value is -2.99. The average Bonchev–Trinajstić information content (AvgIpc) is 3.06. The zero-order valence-electron chi connectivity index (χ0n) is 13.3. The number of amides is 2. The summed E-state index contributed by atoms with van der Waals surface area (Å²) in [5.41, 5.74) is 2.41. The van der Waals surface area contributed by atoms with Crippen molar-refractivity contribution in [2.75, 3.05) is 4.90 Å². The van der Waals surface area contributed by atoms with Crippen molar-refractivity contribution in [3.05, 3.63) is 65.2 Å². The molecule has 0 atom stereocenters. The number of benzene rings is 2. The summed E-state index contributed by atoms with van der Waals surface area (Å²) in [6.45, 7) is 0. The van der Waals surface area contributed by atoms with E-state index in [1.807, 2.05) is 42.1 Å². The van der Waals surface area contributed by atoms with Gasteiger partial charge in [-0.15, -0.1) is 0 Å². The first-order valence-electron chi connectivity index (χ1n) is 7.65. The van der Waals surface area contributed by atoms with E-state index in [2.05, 4.69) is 0 Å². The largest absolute Gasteiger partial charge is 0.508 e. The molecule has 2 aromatic carbocycles. The van der Waals surface area contributed by atoms with E-state index in [1.54, 1.807) is 18.2 Å². The van der Waals surface area contributed by atoms with Gasteiger partial charge in [0, 0.05) is 29.7 Å². The van der Waals surface area contributed by atoms with Crippen molar-refractivity contribution >= 4 is 45.6 Å². The summed E-state index contributed by atoms with van der Waals surface area (Å²) in [6.07, 6.45) is 3.70. The Bertz CT molecular complexity index is 1030. The maximum atomic E-state index is 12.7. The summed E-state index contributed by atoms with van der Waals surface area (Å²) in [4.78, 5) is 26.5. The molecule has 25 heavy (non-hydrogen) atoms. The predicted octanol–water partition coefficient (Wildman–Crippen LogP) is 4.12. The molecular weight excluding hydrogens is 336 g/mol. The van der Waals surface area contributed by atoms with Crippen molar-refractivity contribution in [1.82, 2.24) is 4.57 Å². The normalized spacial score (nSPS) is 16.4. The van der Waals surface area contributed by atoms with Crippen molar-refractivity contribution < 1.29 is 14.7 Å². The van der Waals surface area contributed by atoms with E-state index in [9.17, 15) is 14.7 Å². The number of hydrogen-bond acceptors (Lipinski definition) is 4. The number of rotatable bonds is 2. The fourth-order valence-electron chi connectivity index (χ4n) is 2.92. The summed E-state index contributed by atoms with van der Waals surface area (Å²) in [7, 11) is 1.95. The van der Waals surface area contributed by atoms with Crippen LogP contribution in [0.15, 0.2) is 59.6 Å². The van der Waals surface area contributed by atoms with Gasteiger partial charge in [0.25, 0.3) is 11.1 Å². The summed E-state index contributed by atoms with van der Waals surface area (Å²) in [5.74, 6) is -0.268. The molecule has 0 spiro atoms. The smallest absolute Gasteiger partial charge is 0.298 e. The topological polar surface area (TPSA) is 62.5 Å². The van der Waals surface area contributed by atoms with Gasteiger partial charge in [0.15, 0.2) is 0 Å². The maximum Gasteiger partial charge on any atom is 0.298 e. The fraction of sp³-hybridized carbons (Fsp3) is 0.0526. The number of thioether (sulfide) groups is 1. The molecule has 1 aliphatic rings. The van der Waals surface area contributed by atoms with Crippen LogP contribution in [0.3, 0.4) is 0 Å². The summed E-state index contributed by atoms with van der Waals surface area (Å²) >= 11 is 0.920. The van der Waals surface area contributed by atoms with Gasteiger partial charge in [-0.2, -0.15) is 0 Å². The van der Waals surface area contributed by atoms with E-state index in [4.69, 9.17) is 0 Å². The molecule has 124 valence electrons. The van der Waals surface area contributed by atoms with Crippen molar-refractivity contribution in [2.24, 2.45) is 7.05 Å². The highest BCUT2D eigenvalue weighted by Gasteiger charge is 2.36. The van der Waals surface area contributed by atoms with E-state index in [0.717, 1.165) is 33.1 Å². The number of aromatic nitrogens is 1. The summed E-state index contributed by atoms with van der Waals surface area (Å²) in [5, 5.41) is 10.1. The van der Waals surface area contributed by atoms with Crippen molar-refractivity contribution in [1.29, 1.82) is 0 Å². The minimum Gasteiger partial charge on any atom is -0.508 e. The Labute approximate surface area is 148 Å². The monoisotopic (exact) mass is 350 g/mol. The molecule has 0 aliphatic carbocycles.